The van der Waals surface area contributed by atoms with E-state index in [0.717, 1.165) is 4.90 Å². The molecule has 2 aromatic carbocycles. The molecular formula is C26H19ClN2O8S. The van der Waals surface area contributed by atoms with Crippen LogP contribution in [0.3, 0.4) is 0 Å². The van der Waals surface area contributed by atoms with Crippen LogP contribution in [-0.4, -0.2) is 54.8 Å². The number of benzene rings is 2. The Morgan fingerprint density at radius 1 is 1.08 bits per heavy atom. The van der Waals surface area contributed by atoms with Crippen molar-refractivity contribution < 1.29 is 37.8 Å². The summed E-state index contributed by atoms with van der Waals surface area (Å²) in [5.41, 5.74) is 1.20. The van der Waals surface area contributed by atoms with Crippen LogP contribution in [0.25, 0.3) is 17.4 Å². The van der Waals surface area contributed by atoms with Gasteiger partial charge < -0.3 is 23.9 Å². The first-order valence-electron chi connectivity index (χ1n) is 11.3. The summed E-state index contributed by atoms with van der Waals surface area (Å²) in [5, 5.41) is 2.31. The van der Waals surface area contributed by atoms with E-state index in [4.69, 9.17) is 30.2 Å². The molecule has 1 saturated heterocycles. The molecule has 2 aliphatic rings. The molecule has 194 valence electrons. The topological polar surface area (TPSA) is 124 Å². The summed E-state index contributed by atoms with van der Waals surface area (Å²) < 4.78 is 21.5. The molecule has 0 unspecified atom stereocenters. The Morgan fingerprint density at radius 3 is 2.66 bits per heavy atom. The van der Waals surface area contributed by atoms with Crippen molar-refractivity contribution in [2.75, 3.05) is 32.2 Å². The standard InChI is InChI=1S/C26H19ClN2O8S/c1-34-25(32)17-10-14(2-5-18(17)27)19-7-4-16(37-19)12-22-24(31)29(26(33)38-22)13-23(30)28-15-3-6-20-21(11-15)36-9-8-35-20/h2-7,10-12H,8-9,13H2,1H3,(H,28,30)/b22-12+. The van der Waals surface area contributed by atoms with E-state index in [0.29, 0.717) is 59.2 Å². The number of methoxy groups -OCH3 is 1. The van der Waals surface area contributed by atoms with Gasteiger partial charge in [0.15, 0.2) is 11.5 Å². The Balaban J connectivity index is 1.26. The van der Waals surface area contributed by atoms with Gasteiger partial charge in [0, 0.05) is 23.4 Å². The van der Waals surface area contributed by atoms with Gasteiger partial charge in [-0.05, 0) is 54.2 Å². The monoisotopic (exact) mass is 554 g/mol. The summed E-state index contributed by atoms with van der Waals surface area (Å²) in [6, 6.07) is 12.9. The molecule has 0 bridgehead atoms. The van der Waals surface area contributed by atoms with Crippen molar-refractivity contribution in [3.63, 3.8) is 0 Å². The smallest absolute Gasteiger partial charge is 0.339 e. The third-order valence-electron chi connectivity index (χ3n) is 5.56. The van der Waals surface area contributed by atoms with Crippen LogP contribution in [0, 0.1) is 0 Å². The molecule has 0 saturated carbocycles. The Labute approximate surface area is 225 Å². The lowest BCUT2D eigenvalue weighted by Gasteiger charge is -2.19. The van der Waals surface area contributed by atoms with Crippen LogP contribution in [0.2, 0.25) is 5.02 Å². The van der Waals surface area contributed by atoms with Crippen molar-refractivity contribution in [2.45, 2.75) is 0 Å². The number of esters is 1. The maximum Gasteiger partial charge on any atom is 0.339 e. The van der Waals surface area contributed by atoms with Crippen LogP contribution >= 0.6 is 23.4 Å². The Morgan fingerprint density at radius 2 is 1.87 bits per heavy atom. The highest BCUT2D eigenvalue weighted by atomic mass is 35.5. The third kappa shape index (κ3) is 5.24. The van der Waals surface area contributed by atoms with E-state index in [9.17, 15) is 19.2 Å². The molecule has 1 aromatic heterocycles. The Kier molecular flexibility index (Phi) is 7.12. The van der Waals surface area contributed by atoms with Crippen molar-refractivity contribution >= 4 is 58.1 Å². The third-order valence-corrected chi connectivity index (χ3v) is 6.79. The lowest BCUT2D eigenvalue weighted by Crippen LogP contribution is -2.36. The molecular weight excluding hydrogens is 536 g/mol. The molecule has 0 spiro atoms. The number of imide groups is 1. The van der Waals surface area contributed by atoms with Gasteiger partial charge in [0.2, 0.25) is 5.91 Å². The van der Waals surface area contributed by atoms with Gasteiger partial charge in [-0.3, -0.25) is 19.3 Å². The molecule has 12 heteroatoms. The molecule has 10 nitrogen and oxygen atoms in total. The van der Waals surface area contributed by atoms with Crippen LogP contribution in [0.5, 0.6) is 11.5 Å². The predicted molar refractivity (Wildman–Crippen MR) is 139 cm³/mol. The van der Waals surface area contributed by atoms with Crippen LogP contribution in [0.1, 0.15) is 16.1 Å². The van der Waals surface area contributed by atoms with Crippen molar-refractivity contribution in [3.8, 4) is 22.8 Å². The highest BCUT2D eigenvalue weighted by Crippen LogP contribution is 2.35. The minimum atomic E-state index is -0.616. The maximum atomic E-state index is 12.9. The molecule has 3 heterocycles. The molecule has 38 heavy (non-hydrogen) atoms. The summed E-state index contributed by atoms with van der Waals surface area (Å²) in [6.45, 7) is 0.391. The van der Waals surface area contributed by atoms with Crippen LogP contribution < -0.4 is 14.8 Å². The highest BCUT2D eigenvalue weighted by Gasteiger charge is 2.36. The number of nitrogens with zero attached hydrogens (tertiary/aromatic N) is 1. The van der Waals surface area contributed by atoms with Crippen LogP contribution in [0.15, 0.2) is 57.9 Å². The number of fused-ring (bicyclic) bond motifs is 1. The van der Waals surface area contributed by atoms with Crippen molar-refractivity contribution in [2.24, 2.45) is 0 Å². The number of hydrogen-bond acceptors (Lipinski definition) is 9. The number of amides is 3. The summed E-state index contributed by atoms with van der Waals surface area (Å²) in [6.07, 6.45) is 1.42. The minimum Gasteiger partial charge on any atom is -0.486 e. The molecule has 0 atom stereocenters. The van der Waals surface area contributed by atoms with E-state index in [1.807, 2.05) is 0 Å². The zero-order valence-electron chi connectivity index (χ0n) is 19.8. The van der Waals surface area contributed by atoms with Crippen LogP contribution in [-0.2, 0) is 14.3 Å². The quantitative estimate of drug-likeness (QED) is 0.337. The number of carbonyl (C=O) groups excluding carboxylic acids is 4. The second-order valence-corrected chi connectivity index (χ2v) is 9.46. The van der Waals surface area contributed by atoms with E-state index < -0.39 is 29.6 Å². The molecule has 2 aliphatic heterocycles. The normalized spacial score (nSPS) is 15.6. The van der Waals surface area contributed by atoms with Crippen molar-refractivity contribution in [3.05, 3.63) is 69.8 Å². The molecule has 3 amide bonds. The molecule has 5 rings (SSSR count). The summed E-state index contributed by atoms with van der Waals surface area (Å²) in [7, 11) is 1.26. The molecule has 3 aromatic rings. The van der Waals surface area contributed by atoms with E-state index in [-0.39, 0.29) is 15.5 Å². The summed E-state index contributed by atoms with van der Waals surface area (Å²) >= 11 is 6.78. The van der Waals surface area contributed by atoms with E-state index >= 15 is 0 Å². The lowest BCUT2D eigenvalue weighted by atomic mass is 10.1. The largest absolute Gasteiger partial charge is 0.486 e. The molecule has 0 radical (unpaired) electrons. The predicted octanol–water partition coefficient (Wildman–Crippen LogP) is 4.83. The van der Waals surface area contributed by atoms with E-state index in [2.05, 4.69) is 5.32 Å². The lowest BCUT2D eigenvalue weighted by molar-refractivity contribution is -0.127. The molecule has 1 fully saturated rings. The highest BCUT2D eigenvalue weighted by molar-refractivity contribution is 8.18. The van der Waals surface area contributed by atoms with Crippen molar-refractivity contribution in [1.82, 2.24) is 4.90 Å². The maximum absolute atomic E-state index is 12.9. The van der Waals surface area contributed by atoms with Gasteiger partial charge in [-0.1, -0.05) is 11.6 Å². The van der Waals surface area contributed by atoms with Gasteiger partial charge in [-0.15, -0.1) is 0 Å². The summed E-state index contributed by atoms with van der Waals surface area (Å²) in [5.74, 6) is 0.0455. The first-order chi connectivity index (χ1) is 18.3. The van der Waals surface area contributed by atoms with Gasteiger partial charge in [0.05, 0.1) is 22.6 Å². The number of thioether (sulfide) groups is 1. The van der Waals surface area contributed by atoms with Gasteiger partial charge in [0.1, 0.15) is 31.3 Å². The Bertz CT molecular complexity index is 1500. The average Bonchev–Trinajstić information content (AvgIpc) is 3.48. The first kappa shape index (κ1) is 25.4. The van der Waals surface area contributed by atoms with E-state index in [1.54, 1.807) is 42.5 Å². The van der Waals surface area contributed by atoms with Gasteiger partial charge in [-0.25, -0.2) is 4.79 Å². The van der Waals surface area contributed by atoms with E-state index in [1.165, 1.54) is 19.3 Å². The molecule has 1 N–H and O–H groups in total. The number of hydrogen-bond donors (Lipinski definition) is 1. The number of rotatable bonds is 6. The second-order valence-electron chi connectivity index (χ2n) is 8.06. The average molecular weight is 555 g/mol. The fraction of sp³-hybridized carbons (Fsp3) is 0.154. The van der Waals surface area contributed by atoms with Gasteiger partial charge in [0.25, 0.3) is 11.1 Å². The number of anilines is 1. The first-order valence-corrected chi connectivity index (χ1v) is 12.4. The minimum absolute atomic E-state index is 0.106. The zero-order valence-corrected chi connectivity index (χ0v) is 21.4. The number of nitrogens with one attached hydrogen (secondary N) is 1. The van der Waals surface area contributed by atoms with Crippen molar-refractivity contribution in [1.29, 1.82) is 0 Å². The fourth-order valence-corrected chi connectivity index (χ4v) is 4.77. The number of ether oxygens (including phenoxy) is 3. The number of furan rings is 1. The molecule has 0 aliphatic carbocycles. The zero-order chi connectivity index (χ0) is 26.8. The fourth-order valence-electron chi connectivity index (χ4n) is 3.76. The van der Waals surface area contributed by atoms with Crippen LogP contribution in [0.4, 0.5) is 10.5 Å². The number of carbonyl (C=O) groups is 4. The second kappa shape index (κ2) is 10.6. The SMILES string of the molecule is COC(=O)c1cc(-c2ccc(/C=C3/SC(=O)N(CC(=O)Nc4ccc5c(c4)OCCO5)C3=O)o2)ccc1Cl. The van der Waals surface area contributed by atoms with Gasteiger partial charge >= 0.3 is 5.97 Å². The number of halogens is 1. The summed E-state index contributed by atoms with van der Waals surface area (Å²) in [4.78, 5) is 50.8. The van der Waals surface area contributed by atoms with Gasteiger partial charge in [-0.2, -0.15) is 0 Å². The Hall–Kier alpha value is -4.22.